The maximum absolute atomic E-state index is 12.5. The van der Waals surface area contributed by atoms with Crippen LogP contribution in [-0.4, -0.2) is 47.2 Å². The van der Waals surface area contributed by atoms with Gasteiger partial charge in [-0.05, 0) is 43.4 Å². The molecular weight excluding hydrogens is 330 g/mol. The molecule has 5 nitrogen and oxygen atoms in total. The molecule has 26 heavy (non-hydrogen) atoms. The van der Waals surface area contributed by atoms with Gasteiger partial charge in [0.25, 0.3) is 0 Å². The van der Waals surface area contributed by atoms with Crippen LogP contribution in [0.3, 0.4) is 0 Å². The lowest BCUT2D eigenvalue weighted by Crippen LogP contribution is -2.47. The van der Waals surface area contributed by atoms with Gasteiger partial charge in [-0.15, -0.1) is 0 Å². The first-order valence-electron chi connectivity index (χ1n) is 10.7. The smallest absolute Gasteiger partial charge is 0.308 e. The van der Waals surface area contributed by atoms with Crippen LogP contribution in [0.2, 0.25) is 0 Å². The maximum atomic E-state index is 12.5. The molecule has 1 saturated carbocycles. The van der Waals surface area contributed by atoms with E-state index in [0.717, 1.165) is 51.1 Å². The zero-order valence-corrected chi connectivity index (χ0v) is 16.2. The van der Waals surface area contributed by atoms with Crippen molar-refractivity contribution >= 4 is 11.9 Å². The largest absolute Gasteiger partial charge is 0.462 e. The predicted octanol–water partition coefficient (Wildman–Crippen LogP) is 3.29. The van der Waals surface area contributed by atoms with Gasteiger partial charge in [-0.3, -0.25) is 9.59 Å². The van der Waals surface area contributed by atoms with Gasteiger partial charge in [-0.1, -0.05) is 32.6 Å². The number of aliphatic hydroxyl groups is 1. The third-order valence-electron chi connectivity index (χ3n) is 6.75. The molecule has 1 aliphatic carbocycles. The summed E-state index contributed by atoms with van der Waals surface area (Å²) >= 11 is 0. The summed E-state index contributed by atoms with van der Waals surface area (Å²) in [5, 5.41) is 9.80. The van der Waals surface area contributed by atoms with Crippen molar-refractivity contribution in [3.8, 4) is 0 Å². The van der Waals surface area contributed by atoms with Gasteiger partial charge in [-0.2, -0.15) is 0 Å². The van der Waals surface area contributed by atoms with Crippen molar-refractivity contribution in [2.24, 2.45) is 17.8 Å². The standard InChI is InChI=1S/C21H35NO4/c1-2-3-7-20(24)22-11-10-16-6-4-5-15(19(16)14-22)8-9-18-12-17(23)13-21(25)26-18/h15-19,23H,2-14H2,1H3. The molecule has 5 atom stereocenters. The second kappa shape index (κ2) is 9.20. The molecule has 1 amide bonds. The Kier molecular flexibility index (Phi) is 6.96. The molecule has 1 N–H and O–H groups in total. The van der Waals surface area contributed by atoms with Crippen molar-refractivity contribution in [2.45, 2.75) is 89.8 Å². The molecule has 5 heteroatoms. The SMILES string of the molecule is CCCCC(=O)N1CCC2CCCC(CCC3CC(O)CC(=O)O3)C2C1. The van der Waals surface area contributed by atoms with Gasteiger partial charge in [-0.25, -0.2) is 0 Å². The summed E-state index contributed by atoms with van der Waals surface area (Å²) in [6.07, 6.45) is 9.64. The number of likely N-dealkylation sites (tertiary alicyclic amines) is 1. The van der Waals surface area contributed by atoms with Crippen LogP contribution >= 0.6 is 0 Å². The monoisotopic (exact) mass is 365 g/mol. The Hall–Kier alpha value is -1.10. The number of carbonyl (C=O) groups excluding carboxylic acids is 2. The zero-order chi connectivity index (χ0) is 18.5. The number of unbranched alkanes of at least 4 members (excludes halogenated alkanes) is 1. The molecule has 3 fully saturated rings. The van der Waals surface area contributed by atoms with Crippen molar-refractivity contribution in [3.63, 3.8) is 0 Å². The van der Waals surface area contributed by atoms with E-state index in [2.05, 4.69) is 11.8 Å². The Bertz CT molecular complexity index is 494. The number of hydrogen-bond donors (Lipinski definition) is 1. The van der Waals surface area contributed by atoms with Crippen LogP contribution in [0.15, 0.2) is 0 Å². The fourth-order valence-corrected chi connectivity index (χ4v) is 5.29. The van der Waals surface area contributed by atoms with Crippen molar-refractivity contribution in [1.29, 1.82) is 0 Å². The first kappa shape index (κ1) is 19.7. The summed E-state index contributed by atoms with van der Waals surface area (Å²) in [7, 11) is 0. The van der Waals surface area contributed by atoms with E-state index in [1.54, 1.807) is 0 Å². The average molecular weight is 366 g/mol. The van der Waals surface area contributed by atoms with E-state index in [9.17, 15) is 14.7 Å². The van der Waals surface area contributed by atoms with Gasteiger partial charge in [0.15, 0.2) is 0 Å². The number of nitrogens with zero attached hydrogens (tertiary/aromatic N) is 1. The molecule has 0 aromatic rings. The van der Waals surface area contributed by atoms with E-state index in [1.165, 1.54) is 19.3 Å². The molecule has 5 unspecified atom stereocenters. The average Bonchev–Trinajstić information content (AvgIpc) is 2.63. The number of ether oxygens (including phenoxy) is 1. The number of esters is 1. The highest BCUT2D eigenvalue weighted by atomic mass is 16.5. The summed E-state index contributed by atoms with van der Waals surface area (Å²) in [5.74, 6) is 2.05. The zero-order valence-electron chi connectivity index (χ0n) is 16.2. The van der Waals surface area contributed by atoms with Gasteiger partial charge < -0.3 is 14.7 Å². The Balaban J connectivity index is 1.53. The molecule has 2 aliphatic heterocycles. The lowest BCUT2D eigenvalue weighted by Gasteiger charge is -2.46. The van der Waals surface area contributed by atoms with E-state index in [0.29, 0.717) is 30.6 Å². The summed E-state index contributed by atoms with van der Waals surface area (Å²) in [4.78, 5) is 26.1. The molecule has 0 aromatic heterocycles. The number of carbonyl (C=O) groups is 2. The normalized spacial score (nSPS) is 34.9. The third-order valence-corrected chi connectivity index (χ3v) is 6.75. The Morgan fingerprint density at radius 3 is 2.88 bits per heavy atom. The second-order valence-corrected chi connectivity index (χ2v) is 8.63. The van der Waals surface area contributed by atoms with E-state index in [1.807, 2.05) is 0 Å². The lowest BCUT2D eigenvalue weighted by atomic mass is 9.67. The minimum Gasteiger partial charge on any atom is -0.462 e. The fraction of sp³-hybridized carbons (Fsp3) is 0.905. The lowest BCUT2D eigenvalue weighted by molar-refractivity contribution is -0.160. The molecule has 148 valence electrons. The van der Waals surface area contributed by atoms with E-state index in [-0.39, 0.29) is 18.5 Å². The van der Waals surface area contributed by atoms with Gasteiger partial charge in [0.1, 0.15) is 6.10 Å². The van der Waals surface area contributed by atoms with E-state index >= 15 is 0 Å². The van der Waals surface area contributed by atoms with Crippen LogP contribution in [0.5, 0.6) is 0 Å². The summed E-state index contributed by atoms with van der Waals surface area (Å²) in [6.45, 7) is 3.99. The van der Waals surface area contributed by atoms with Crippen molar-refractivity contribution in [2.75, 3.05) is 13.1 Å². The van der Waals surface area contributed by atoms with Crippen molar-refractivity contribution < 1.29 is 19.4 Å². The Morgan fingerprint density at radius 1 is 1.27 bits per heavy atom. The van der Waals surface area contributed by atoms with Crippen LogP contribution in [0.1, 0.15) is 77.6 Å². The number of hydrogen-bond acceptors (Lipinski definition) is 4. The number of aliphatic hydroxyl groups excluding tert-OH is 1. The maximum Gasteiger partial charge on any atom is 0.308 e. The number of rotatable bonds is 6. The first-order valence-corrected chi connectivity index (χ1v) is 10.7. The minimum atomic E-state index is -0.540. The number of amides is 1. The van der Waals surface area contributed by atoms with Gasteiger partial charge in [0.2, 0.25) is 5.91 Å². The molecule has 0 radical (unpaired) electrons. The van der Waals surface area contributed by atoms with Crippen LogP contribution in [0.4, 0.5) is 0 Å². The van der Waals surface area contributed by atoms with E-state index in [4.69, 9.17) is 4.74 Å². The Morgan fingerprint density at radius 2 is 2.12 bits per heavy atom. The quantitative estimate of drug-likeness (QED) is 0.734. The highest BCUT2D eigenvalue weighted by molar-refractivity contribution is 5.76. The van der Waals surface area contributed by atoms with Crippen molar-refractivity contribution in [1.82, 2.24) is 4.90 Å². The molecule has 2 saturated heterocycles. The van der Waals surface area contributed by atoms with E-state index < -0.39 is 6.10 Å². The highest BCUT2D eigenvalue weighted by Gasteiger charge is 2.39. The summed E-state index contributed by atoms with van der Waals surface area (Å²) in [5.41, 5.74) is 0. The third kappa shape index (κ3) is 4.99. The van der Waals surface area contributed by atoms with Gasteiger partial charge >= 0.3 is 5.97 Å². The second-order valence-electron chi connectivity index (χ2n) is 8.63. The molecule has 0 bridgehead atoms. The summed E-state index contributed by atoms with van der Waals surface area (Å²) < 4.78 is 5.42. The molecule has 3 aliphatic rings. The number of cyclic esters (lactones) is 1. The topological polar surface area (TPSA) is 66.8 Å². The minimum absolute atomic E-state index is 0.127. The van der Waals surface area contributed by atoms with Crippen LogP contribution in [0, 0.1) is 17.8 Å². The molecule has 0 aromatic carbocycles. The first-order chi connectivity index (χ1) is 12.6. The molecular formula is C21H35NO4. The number of fused-ring (bicyclic) bond motifs is 1. The molecule has 2 heterocycles. The van der Waals surface area contributed by atoms with Gasteiger partial charge in [0, 0.05) is 25.9 Å². The predicted molar refractivity (Wildman–Crippen MR) is 99.4 cm³/mol. The molecule has 0 spiro atoms. The van der Waals surface area contributed by atoms with Crippen LogP contribution < -0.4 is 0 Å². The van der Waals surface area contributed by atoms with Crippen LogP contribution in [0.25, 0.3) is 0 Å². The fourth-order valence-electron chi connectivity index (χ4n) is 5.29. The Labute approximate surface area is 157 Å². The molecule has 3 rings (SSSR count). The number of piperidine rings is 1. The summed E-state index contributed by atoms with van der Waals surface area (Å²) in [6, 6.07) is 0. The van der Waals surface area contributed by atoms with Crippen molar-refractivity contribution in [3.05, 3.63) is 0 Å². The van der Waals surface area contributed by atoms with Crippen LogP contribution in [-0.2, 0) is 14.3 Å². The highest BCUT2D eigenvalue weighted by Crippen LogP contribution is 2.42. The van der Waals surface area contributed by atoms with Gasteiger partial charge in [0.05, 0.1) is 12.5 Å².